The fourth-order valence-corrected chi connectivity index (χ4v) is 1.72. The highest BCUT2D eigenvalue weighted by Crippen LogP contribution is 2.36. The average molecular weight is 268 g/mol. The molecule has 1 N–H and O–H groups in total. The first kappa shape index (κ1) is 15.1. The summed E-state index contributed by atoms with van der Waals surface area (Å²) in [6, 6.07) is 3.50. The van der Waals surface area contributed by atoms with E-state index in [1.165, 1.54) is 0 Å². The van der Waals surface area contributed by atoms with Crippen LogP contribution in [0.5, 0.6) is 17.2 Å². The highest BCUT2D eigenvalue weighted by molar-refractivity contribution is 5.67. The molecule has 106 valence electrons. The van der Waals surface area contributed by atoms with Gasteiger partial charge < -0.3 is 19.3 Å². The van der Waals surface area contributed by atoms with Gasteiger partial charge in [0, 0.05) is 12.5 Å². The van der Waals surface area contributed by atoms with Gasteiger partial charge in [-0.1, -0.05) is 0 Å². The fraction of sp³-hybridized carbons (Fsp3) is 0.500. The molecule has 0 amide bonds. The molecule has 5 nitrogen and oxygen atoms in total. The zero-order chi connectivity index (χ0) is 14.4. The van der Waals surface area contributed by atoms with Gasteiger partial charge >= 0.3 is 5.97 Å². The van der Waals surface area contributed by atoms with Crippen LogP contribution in [0, 0.1) is 0 Å². The van der Waals surface area contributed by atoms with E-state index in [-0.39, 0.29) is 12.5 Å². The molecular weight excluding hydrogens is 248 g/mol. The first-order valence-corrected chi connectivity index (χ1v) is 6.11. The highest BCUT2D eigenvalue weighted by atomic mass is 16.5. The topological polar surface area (TPSA) is 65.0 Å². The van der Waals surface area contributed by atoms with Crippen LogP contribution < -0.4 is 14.2 Å². The maximum absolute atomic E-state index is 10.6. The van der Waals surface area contributed by atoms with E-state index in [0.29, 0.717) is 23.7 Å². The summed E-state index contributed by atoms with van der Waals surface area (Å²) in [5, 5.41) is 8.74. The lowest BCUT2D eigenvalue weighted by Crippen LogP contribution is -2.08. The number of ether oxygens (including phenoxy) is 3. The van der Waals surface area contributed by atoms with Crippen LogP contribution in [-0.4, -0.2) is 31.4 Å². The van der Waals surface area contributed by atoms with E-state index in [0.717, 1.165) is 5.56 Å². The number of aryl methyl sites for hydroxylation is 1. The van der Waals surface area contributed by atoms with Gasteiger partial charge in [0.25, 0.3) is 0 Å². The number of carboxylic acid groups (broad SMARTS) is 1. The smallest absolute Gasteiger partial charge is 0.303 e. The van der Waals surface area contributed by atoms with E-state index in [1.54, 1.807) is 26.4 Å². The van der Waals surface area contributed by atoms with Crippen LogP contribution in [0.2, 0.25) is 0 Å². The zero-order valence-electron chi connectivity index (χ0n) is 11.7. The summed E-state index contributed by atoms with van der Waals surface area (Å²) in [7, 11) is 3.10. The van der Waals surface area contributed by atoms with Crippen LogP contribution in [0.15, 0.2) is 12.1 Å². The van der Waals surface area contributed by atoms with Crippen molar-refractivity contribution in [2.75, 3.05) is 14.2 Å². The molecule has 0 heterocycles. The lowest BCUT2D eigenvalue weighted by Gasteiger charge is -2.17. The minimum Gasteiger partial charge on any atom is -0.496 e. The van der Waals surface area contributed by atoms with Crippen molar-refractivity contribution in [1.29, 1.82) is 0 Å². The molecule has 0 atom stereocenters. The van der Waals surface area contributed by atoms with E-state index in [9.17, 15) is 4.79 Å². The third-order valence-electron chi connectivity index (χ3n) is 2.54. The number of hydrogen-bond acceptors (Lipinski definition) is 4. The predicted octanol–water partition coefficient (Wildman–Crippen LogP) is 2.51. The molecule has 5 heteroatoms. The number of methoxy groups -OCH3 is 2. The molecule has 0 aliphatic heterocycles. The van der Waals surface area contributed by atoms with Gasteiger partial charge in [-0.2, -0.15) is 0 Å². The molecule has 0 aliphatic rings. The number of rotatable bonds is 7. The minimum atomic E-state index is -0.844. The summed E-state index contributed by atoms with van der Waals surface area (Å²) in [5.74, 6) is 0.935. The van der Waals surface area contributed by atoms with E-state index < -0.39 is 5.97 Å². The molecule has 19 heavy (non-hydrogen) atoms. The summed E-state index contributed by atoms with van der Waals surface area (Å²) >= 11 is 0. The van der Waals surface area contributed by atoms with Crippen LogP contribution in [-0.2, 0) is 11.2 Å². The Morgan fingerprint density at radius 2 is 1.79 bits per heavy atom. The van der Waals surface area contributed by atoms with Crippen molar-refractivity contribution in [3.63, 3.8) is 0 Å². The van der Waals surface area contributed by atoms with Crippen LogP contribution in [0.1, 0.15) is 25.8 Å². The third kappa shape index (κ3) is 4.35. The van der Waals surface area contributed by atoms with Gasteiger partial charge in [-0.3, -0.25) is 4.79 Å². The maximum Gasteiger partial charge on any atom is 0.303 e. The summed E-state index contributed by atoms with van der Waals surface area (Å²) in [6.45, 7) is 3.84. The molecule has 0 unspecified atom stereocenters. The average Bonchev–Trinajstić information content (AvgIpc) is 2.35. The van der Waals surface area contributed by atoms with Crippen molar-refractivity contribution in [2.24, 2.45) is 0 Å². The lowest BCUT2D eigenvalue weighted by atomic mass is 10.1. The second-order valence-electron chi connectivity index (χ2n) is 4.38. The number of hydrogen-bond donors (Lipinski definition) is 1. The van der Waals surface area contributed by atoms with Gasteiger partial charge in [-0.05, 0) is 31.9 Å². The Labute approximate surface area is 113 Å². The molecule has 0 bridgehead atoms. The standard InChI is InChI=1S/C14H20O5/c1-9(2)19-13-8-11(17-3)10(5-6-14(15)16)7-12(13)18-4/h7-9H,5-6H2,1-4H3,(H,15,16). The van der Waals surface area contributed by atoms with Crippen molar-refractivity contribution < 1.29 is 24.1 Å². The van der Waals surface area contributed by atoms with Gasteiger partial charge in [0.2, 0.25) is 0 Å². The Balaban J connectivity index is 3.07. The highest BCUT2D eigenvalue weighted by Gasteiger charge is 2.14. The van der Waals surface area contributed by atoms with Crippen LogP contribution >= 0.6 is 0 Å². The van der Waals surface area contributed by atoms with E-state index >= 15 is 0 Å². The first-order valence-electron chi connectivity index (χ1n) is 6.11. The number of carboxylic acids is 1. The second kappa shape index (κ2) is 6.87. The third-order valence-corrected chi connectivity index (χ3v) is 2.54. The normalized spacial score (nSPS) is 10.4. The van der Waals surface area contributed by atoms with Gasteiger partial charge in [0.15, 0.2) is 11.5 Å². The van der Waals surface area contributed by atoms with Crippen molar-refractivity contribution in [3.05, 3.63) is 17.7 Å². The first-order chi connectivity index (χ1) is 8.97. The van der Waals surface area contributed by atoms with Crippen molar-refractivity contribution >= 4 is 5.97 Å². The molecule has 1 aromatic rings. The van der Waals surface area contributed by atoms with Gasteiger partial charge in [-0.25, -0.2) is 0 Å². The Morgan fingerprint density at radius 1 is 1.16 bits per heavy atom. The van der Waals surface area contributed by atoms with E-state index in [2.05, 4.69) is 0 Å². The summed E-state index contributed by atoms with van der Waals surface area (Å²) < 4.78 is 16.2. The SMILES string of the molecule is COc1cc(OC(C)C)c(OC)cc1CCC(=O)O. The molecule has 0 saturated heterocycles. The quantitative estimate of drug-likeness (QED) is 0.823. The van der Waals surface area contributed by atoms with Gasteiger partial charge in [-0.15, -0.1) is 0 Å². The monoisotopic (exact) mass is 268 g/mol. The molecule has 0 spiro atoms. The zero-order valence-corrected chi connectivity index (χ0v) is 11.7. The molecule has 0 aromatic heterocycles. The van der Waals surface area contributed by atoms with Crippen molar-refractivity contribution in [3.8, 4) is 17.2 Å². The summed E-state index contributed by atoms with van der Waals surface area (Å²) in [6.07, 6.45) is 0.448. The van der Waals surface area contributed by atoms with Crippen LogP contribution in [0.4, 0.5) is 0 Å². The number of benzene rings is 1. The maximum atomic E-state index is 10.6. The fourth-order valence-electron chi connectivity index (χ4n) is 1.72. The Morgan fingerprint density at radius 3 is 2.26 bits per heavy atom. The molecule has 1 aromatic carbocycles. The van der Waals surface area contributed by atoms with Crippen LogP contribution in [0.3, 0.4) is 0 Å². The molecule has 0 saturated carbocycles. The lowest BCUT2D eigenvalue weighted by molar-refractivity contribution is -0.136. The van der Waals surface area contributed by atoms with Gasteiger partial charge in [0.05, 0.1) is 20.3 Å². The number of carbonyl (C=O) groups is 1. The summed E-state index contributed by atoms with van der Waals surface area (Å²) in [4.78, 5) is 10.6. The Kier molecular flexibility index (Phi) is 5.48. The molecule has 0 radical (unpaired) electrons. The Hall–Kier alpha value is -1.91. The van der Waals surface area contributed by atoms with Crippen molar-refractivity contribution in [1.82, 2.24) is 0 Å². The van der Waals surface area contributed by atoms with E-state index in [4.69, 9.17) is 19.3 Å². The van der Waals surface area contributed by atoms with Crippen LogP contribution in [0.25, 0.3) is 0 Å². The largest absolute Gasteiger partial charge is 0.496 e. The van der Waals surface area contributed by atoms with Crippen molar-refractivity contribution in [2.45, 2.75) is 32.8 Å². The molecule has 0 aliphatic carbocycles. The molecular formula is C14H20O5. The predicted molar refractivity (Wildman–Crippen MR) is 71.3 cm³/mol. The van der Waals surface area contributed by atoms with Gasteiger partial charge in [0.1, 0.15) is 5.75 Å². The Bertz CT molecular complexity index is 440. The minimum absolute atomic E-state index is 0.0171. The second-order valence-corrected chi connectivity index (χ2v) is 4.38. The number of aliphatic carboxylic acids is 1. The van der Waals surface area contributed by atoms with E-state index in [1.807, 2.05) is 13.8 Å². The molecule has 0 fully saturated rings. The molecule has 1 rings (SSSR count). The summed E-state index contributed by atoms with van der Waals surface area (Å²) in [5.41, 5.74) is 0.790.